The third-order valence-corrected chi connectivity index (χ3v) is 6.15. The number of rotatable bonds is 8. The largest absolute Gasteiger partial charge is 0.494 e. The van der Waals surface area contributed by atoms with Gasteiger partial charge in [0.15, 0.2) is 5.13 Å². The molecule has 0 aliphatic heterocycles. The van der Waals surface area contributed by atoms with Gasteiger partial charge in [-0.15, -0.1) is 0 Å². The summed E-state index contributed by atoms with van der Waals surface area (Å²) < 4.78 is 9.55. The number of aromatic nitrogens is 3. The zero-order valence-corrected chi connectivity index (χ0v) is 18.9. The Hall–Kier alpha value is -2.71. The highest BCUT2D eigenvalue weighted by Crippen LogP contribution is 2.32. The van der Waals surface area contributed by atoms with Gasteiger partial charge in [0, 0.05) is 35.5 Å². The number of aryl methyl sites for hydroxylation is 1. The molecule has 0 N–H and O–H groups in total. The van der Waals surface area contributed by atoms with Gasteiger partial charge in [0.2, 0.25) is 0 Å². The van der Waals surface area contributed by atoms with Crippen LogP contribution in [-0.2, 0) is 6.54 Å². The van der Waals surface area contributed by atoms with Gasteiger partial charge in [-0.05, 0) is 55.8 Å². The molecule has 2 heterocycles. The van der Waals surface area contributed by atoms with Crippen molar-refractivity contribution in [3.63, 3.8) is 0 Å². The molecule has 0 saturated carbocycles. The highest BCUT2D eigenvalue weighted by atomic mass is 79.9. The number of nitrogens with zero attached hydrogens (tertiary/aromatic N) is 4. The second-order valence-electron chi connectivity index (χ2n) is 6.68. The summed E-state index contributed by atoms with van der Waals surface area (Å²) in [7, 11) is 0. The number of benzene rings is 2. The van der Waals surface area contributed by atoms with Gasteiger partial charge < -0.3 is 9.30 Å². The van der Waals surface area contributed by atoms with Crippen LogP contribution in [0.1, 0.15) is 23.7 Å². The summed E-state index contributed by atoms with van der Waals surface area (Å²) in [5.41, 5.74) is 1.50. The van der Waals surface area contributed by atoms with Crippen molar-refractivity contribution in [3.05, 3.63) is 71.2 Å². The Kier molecular flexibility index (Phi) is 6.44. The van der Waals surface area contributed by atoms with Crippen molar-refractivity contribution in [1.82, 2.24) is 14.5 Å². The van der Waals surface area contributed by atoms with E-state index in [1.807, 2.05) is 60.2 Å². The highest BCUT2D eigenvalue weighted by molar-refractivity contribution is 9.10. The number of halogens is 1. The van der Waals surface area contributed by atoms with Crippen LogP contribution in [0, 0.1) is 0 Å². The van der Waals surface area contributed by atoms with Gasteiger partial charge in [0.25, 0.3) is 5.91 Å². The Balaban J connectivity index is 1.62. The Morgan fingerprint density at radius 1 is 1.23 bits per heavy atom. The number of carbonyl (C=O) groups is 1. The van der Waals surface area contributed by atoms with Crippen molar-refractivity contribution in [3.8, 4) is 5.75 Å². The number of thiazole rings is 1. The molecule has 30 heavy (non-hydrogen) atoms. The Morgan fingerprint density at radius 3 is 2.80 bits per heavy atom. The fourth-order valence-corrected chi connectivity index (χ4v) is 4.41. The fraction of sp³-hybridized carbons (Fsp3) is 0.227. The normalized spacial score (nSPS) is 11.0. The fourth-order valence-electron chi connectivity index (χ4n) is 3.13. The molecule has 154 valence electrons. The lowest BCUT2D eigenvalue weighted by Crippen LogP contribution is -2.32. The van der Waals surface area contributed by atoms with E-state index in [1.54, 1.807) is 17.4 Å². The van der Waals surface area contributed by atoms with Gasteiger partial charge in [-0.2, -0.15) is 0 Å². The van der Waals surface area contributed by atoms with Crippen molar-refractivity contribution in [2.45, 2.75) is 19.9 Å². The summed E-state index contributed by atoms with van der Waals surface area (Å²) in [5, 5.41) is 0.692. The Bertz CT molecular complexity index is 1130. The molecule has 0 atom stereocenters. The smallest absolute Gasteiger partial charge is 0.260 e. The van der Waals surface area contributed by atoms with E-state index in [-0.39, 0.29) is 5.91 Å². The molecule has 1 amide bonds. The van der Waals surface area contributed by atoms with E-state index in [4.69, 9.17) is 9.72 Å². The number of anilines is 1. The first kappa shape index (κ1) is 20.6. The second kappa shape index (κ2) is 9.40. The molecule has 4 rings (SSSR count). The quantitative estimate of drug-likeness (QED) is 0.336. The summed E-state index contributed by atoms with van der Waals surface area (Å²) in [6.07, 6.45) is 6.26. The number of imidazole rings is 1. The maximum absolute atomic E-state index is 13.3. The van der Waals surface area contributed by atoms with Gasteiger partial charge in [0.1, 0.15) is 5.75 Å². The summed E-state index contributed by atoms with van der Waals surface area (Å²) in [4.78, 5) is 23.9. The molecule has 8 heteroatoms. The second-order valence-corrected chi connectivity index (χ2v) is 8.60. The van der Waals surface area contributed by atoms with Gasteiger partial charge in [-0.1, -0.05) is 27.3 Å². The molecule has 2 aromatic carbocycles. The van der Waals surface area contributed by atoms with E-state index >= 15 is 0 Å². The lowest BCUT2D eigenvalue weighted by atomic mass is 10.2. The molecule has 0 aliphatic carbocycles. The van der Waals surface area contributed by atoms with Gasteiger partial charge in [-0.3, -0.25) is 9.69 Å². The maximum Gasteiger partial charge on any atom is 0.260 e. The number of hydrogen-bond acceptors (Lipinski definition) is 5. The molecule has 0 radical (unpaired) electrons. The van der Waals surface area contributed by atoms with Crippen molar-refractivity contribution < 1.29 is 9.53 Å². The topological polar surface area (TPSA) is 60.2 Å². The number of fused-ring (bicyclic) bond motifs is 1. The lowest BCUT2D eigenvalue weighted by Gasteiger charge is -2.20. The van der Waals surface area contributed by atoms with E-state index in [0.29, 0.717) is 23.8 Å². The minimum absolute atomic E-state index is 0.0581. The van der Waals surface area contributed by atoms with Crippen LogP contribution in [0.15, 0.2) is 65.7 Å². The molecule has 0 saturated heterocycles. The monoisotopic (exact) mass is 484 g/mol. The number of hydrogen-bond donors (Lipinski definition) is 0. The zero-order chi connectivity index (χ0) is 20.9. The van der Waals surface area contributed by atoms with Crippen LogP contribution < -0.4 is 9.64 Å². The van der Waals surface area contributed by atoms with E-state index in [9.17, 15) is 4.79 Å². The summed E-state index contributed by atoms with van der Waals surface area (Å²) >= 11 is 4.93. The molecule has 0 bridgehead atoms. The van der Waals surface area contributed by atoms with Crippen LogP contribution in [0.2, 0.25) is 0 Å². The van der Waals surface area contributed by atoms with Crippen LogP contribution in [0.3, 0.4) is 0 Å². The predicted molar refractivity (Wildman–Crippen MR) is 123 cm³/mol. The van der Waals surface area contributed by atoms with Gasteiger partial charge in [0.05, 0.1) is 23.2 Å². The zero-order valence-electron chi connectivity index (χ0n) is 16.5. The van der Waals surface area contributed by atoms with E-state index in [2.05, 4.69) is 20.9 Å². The van der Waals surface area contributed by atoms with E-state index < -0.39 is 0 Å². The molecule has 0 unspecified atom stereocenters. The molecule has 6 nitrogen and oxygen atoms in total. The van der Waals surface area contributed by atoms with E-state index in [1.165, 1.54) is 11.3 Å². The minimum Gasteiger partial charge on any atom is -0.494 e. The number of amides is 1. The van der Waals surface area contributed by atoms with Crippen LogP contribution >= 0.6 is 27.3 Å². The molecule has 0 aliphatic rings. The van der Waals surface area contributed by atoms with Crippen LogP contribution in [0.4, 0.5) is 5.13 Å². The Labute approximate surface area is 187 Å². The highest BCUT2D eigenvalue weighted by Gasteiger charge is 2.21. The summed E-state index contributed by atoms with van der Waals surface area (Å²) in [6.45, 7) is 3.91. The molecule has 0 fully saturated rings. The van der Waals surface area contributed by atoms with Crippen LogP contribution in [0.5, 0.6) is 5.75 Å². The predicted octanol–water partition coefficient (Wildman–Crippen LogP) is 5.39. The molecular formula is C22H21BrN4O2S. The maximum atomic E-state index is 13.3. The van der Waals surface area contributed by atoms with Crippen LogP contribution in [-0.4, -0.2) is 33.6 Å². The van der Waals surface area contributed by atoms with E-state index in [0.717, 1.165) is 33.4 Å². The first-order chi connectivity index (χ1) is 14.6. The first-order valence-electron chi connectivity index (χ1n) is 9.70. The number of ether oxygens (including phenoxy) is 1. The summed E-state index contributed by atoms with van der Waals surface area (Å²) in [6, 6.07) is 13.2. The van der Waals surface area contributed by atoms with Crippen LogP contribution in [0.25, 0.3) is 10.2 Å². The molecule has 2 aromatic heterocycles. The van der Waals surface area contributed by atoms with Crippen molar-refractivity contribution in [2.24, 2.45) is 0 Å². The third kappa shape index (κ3) is 4.71. The SMILES string of the molecule is CCOc1ccc2nc(N(CCCn3ccnc3)C(=O)c3ccc(Br)cc3)sc2c1. The van der Waals surface area contributed by atoms with Crippen molar-refractivity contribution in [1.29, 1.82) is 0 Å². The van der Waals surface area contributed by atoms with Gasteiger partial charge in [-0.25, -0.2) is 9.97 Å². The Morgan fingerprint density at radius 2 is 2.07 bits per heavy atom. The minimum atomic E-state index is -0.0581. The molecular weight excluding hydrogens is 464 g/mol. The average Bonchev–Trinajstić information content (AvgIpc) is 3.41. The first-order valence-corrected chi connectivity index (χ1v) is 11.3. The summed E-state index contributed by atoms with van der Waals surface area (Å²) in [5.74, 6) is 0.753. The molecule has 4 aromatic rings. The third-order valence-electron chi connectivity index (χ3n) is 4.58. The van der Waals surface area contributed by atoms with Gasteiger partial charge >= 0.3 is 0 Å². The lowest BCUT2D eigenvalue weighted by molar-refractivity contribution is 0.0986. The number of carbonyl (C=O) groups excluding carboxylic acids is 1. The average molecular weight is 485 g/mol. The molecule has 0 spiro atoms. The standard InChI is InChI=1S/C22H21BrN4O2S/c1-2-29-18-8-9-19-20(14-18)30-22(25-19)27(12-3-11-26-13-10-24-15-26)21(28)16-4-6-17(23)7-5-16/h4-10,13-15H,2-3,11-12H2,1H3. The van der Waals surface area contributed by atoms with Crippen molar-refractivity contribution in [2.75, 3.05) is 18.1 Å². The van der Waals surface area contributed by atoms with Crippen molar-refractivity contribution >= 4 is 48.5 Å².